The molecule has 0 amide bonds. The number of rotatable bonds is 5. The Balaban J connectivity index is 1.50. The second kappa shape index (κ2) is 10.7. The van der Waals surface area contributed by atoms with Crippen LogP contribution in [0.1, 0.15) is 0 Å². The van der Waals surface area contributed by atoms with Crippen LogP contribution in [0.2, 0.25) is 0 Å². The van der Waals surface area contributed by atoms with Crippen molar-refractivity contribution in [3.63, 3.8) is 0 Å². The quantitative estimate of drug-likeness (QED) is 0.181. The van der Waals surface area contributed by atoms with Crippen LogP contribution in [0, 0.1) is 11.6 Å². The van der Waals surface area contributed by atoms with Crippen molar-refractivity contribution in [3.05, 3.63) is 142 Å². The van der Waals surface area contributed by atoms with Crippen LogP contribution in [0.15, 0.2) is 119 Å². The lowest BCUT2D eigenvalue weighted by atomic mass is 9.93. The smallest absolute Gasteiger partial charge is 0.290 e. The van der Waals surface area contributed by atoms with Gasteiger partial charge in [-0.25, -0.2) is 8.78 Å². The lowest BCUT2D eigenvalue weighted by Crippen LogP contribution is -2.08. The van der Waals surface area contributed by atoms with Gasteiger partial charge in [-0.15, -0.1) is 0 Å². The van der Waals surface area contributed by atoms with E-state index >= 15 is 4.39 Å². The minimum absolute atomic E-state index is 0.206. The molecule has 0 bridgehead atoms. The summed E-state index contributed by atoms with van der Waals surface area (Å²) in [6.07, 6.45) is 0. The van der Waals surface area contributed by atoms with Crippen LogP contribution in [-0.4, -0.2) is 20.2 Å². The van der Waals surface area contributed by atoms with Crippen LogP contribution in [0.25, 0.3) is 55.9 Å². The van der Waals surface area contributed by atoms with Crippen molar-refractivity contribution in [2.24, 2.45) is 0 Å². The molecule has 0 radical (unpaired) electrons. The number of benzene rings is 4. The molecule has 0 saturated carbocycles. The number of H-pyrrole nitrogens is 2. The first-order valence-corrected chi connectivity index (χ1v) is 12.9. The molecule has 8 heteroatoms. The molecule has 6 rings (SSSR count). The molecule has 206 valence electrons. The van der Waals surface area contributed by atoms with Crippen molar-refractivity contribution in [2.75, 3.05) is 0 Å². The van der Waals surface area contributed by atoms with Gasteiger partial charge < -0.3 is 20.2 Å². The van der Waals surface area contributed by atoms with Gasteiger partial charge in [0.2, 0.25) is 0 Å². The molecule has 0 fully saturated rings. The first-order chi connectivity index (χ1) is 20.3. The fraction of sp³-hybridized carbons (Fsp3) is 0. The number of hydrogen-bond donors (Lipinski definition) is 4. The Labute approximate surface area is 237 Å². The van der Waals surface area contributed by atoms with Gasteiger partial charge in [0.1, 0.15) is 11.6 Å². The van der Waals surface area contributed by atoms with E-state index in [1.807, 2.05) is 36.4 Å². The molecule has 4 N–H and O–H groups in total. The zero-order valence-electron chi connectivity index (χ0n) is 21.9. The van der Waals surface area contributed by atoms with Crippen LogP contribution < -0.4 is 11.1 Å². The van der Waals surface area contributed by atoms with E-state index in [1.54, 1.807) is 30.3 Å². The second-order valence-electron chi connectivity index (χ2n) is 9.73. The summed E-state index contributed by atoms with van der Waals surface area (Å²) in [5.74, 6) is -2.09. The minimum Gasteiger partial charge on any atom is -0.503 e. The van der Waals surface area contributed by atoms with Crippen LogP contribution in [0.5, 0.6) is 11.5 Å². The standard InChI is InChI=1S/C34H22F2N2O4/c35-25-11-5-10-22(14-25)28-18-30(40)34(42)38-32(28)24-13-23(15-26(36)16-24)20-8-4-9-21(12-20)27-17-29(39)33(41)37-31(27)19-6-2-1-3-7-19/h1-18,39-40H,(H,37,41)(H,38,42). The molecule has 0 atom stereocenters. The number of hydrogen-bond acceptors (Lipinski definition) is 4. The van der Waals surface area contributed by atoms with Crippen molar-refractivity contribution in [1.29, 1.82) is 0 Å². The highest BCUT2D eigenvalue weighted by atomic mass is 19.1. The summed E-state index contributed by atoms with van der Waals surface area (Å²) >= 11 is 0. The monoisotopic (exact) mass is 560 g/mol. The zero-order chi connectivity index (χ0) is 29.4. The Morgan fingerprint density at radius 2 is 0.929 bits per heavy atom. The van der Waals surface area contributed by atoms with Crippen molar-refractivity contribution < 1.29 is 19.0 Å². The van der Waals surface area contributed by atoms with E-state index in [0.717, 1.165) is 5.56 Å². The SMILES string of the molecule is O=c1[nH]c(-c2ccccc2)c(-c2cccc(-c3cc(F)cc(-c4[nH]c(=O)c(O)cc4-c4cccc(F)c4)c3)c2)cc1O. The van der Waals surface area contributed by atoms with Gasteiger partial charge in [0.05, 0.1) is 11.4 Å². The fourth-order valence-corrected chi connectivity index (χ4v) is 4.98. The third kappa shape index (κ3) is 5.09. The van der Waals surface area contributed by atoms with E-state index in [0.29, 0.717) is 44.6 Å². The van der Waals surface area contributed by atoms with Crippen molar-refractivity contribution in [1.82, 2.24) is 9.97 Å². The van der Waals surface area contributed by atoms with Crippen LogP contribution in [0.3, 0.4) is 0 Å². The molecule has 42 heavy (non-hydrogen) atoms. The maximum atomic E-state index is 15.1. The van der Waals surface area contributed by atoms with E-state index in [4.69, 9.17) is 0 Å². The topological polar surface area (TPSA) is 106 Å². The van der Waals surface area contributed by atoms with Gasteiger partial charge in [0.15, 0.2) is 11.5 Å². The molecule has 0 unspecified atom stereocenters. The summed E-state index contributed by atoms with van der Waals surface area (Å²) in [6.45, 7) is 0. The Morgan fingerprint density at radius 3 is 1.57 bits per heavy atom. The molecule has 4 aromatic carbocycles. The van der Waals surface area contributed by atoms with E-state index in [1.165, 1.54) is 42.5 Å². The Kier molecular flexibility index (Phi) is 6.72. The Hall–Kier alpha value is -5.76. The number of pyridine rings is 2. The number of aromatic hydroxyl groups is 2. The third-order valence-corrected chi connectivity index (χ3v) is 6.93. The highest BCUT2D eigenvalue weighted by Gasteiger charge is 2.16. The molecule has 2 aromatic heterocycles. The van der Waals surface area contributed by atoms with Gasteiger partial charge >= 0.3 is 0 Å². The van der Waals surface area contributed by atoms with Gasteiger partial charge in [0, 0.05) is 16.7 Å². The van der Waals surface area contributed by atoms with E-state index < -0.39 is 34.3 Å². The van der Waals surface area contributed by atoms with Crippen LogP contribution in [0.4, 0.5) is 8.78 Å². The van der Waals surface area contributed by atoms with Gasteiger partial charge in [-0.1, -0.05) is 60.7 Å². The predicted molar refractivity (Wildman–Crippen MR) is 158 cm³/mol. The Bertz CT molecular complexity index is 2090. The number of halogens is 2. The number of aromatic amines is 2. The first kappa shape index (κ1) is 26.5. The first-order valence-electron chi connectivity index (χ1n) is 12.9. The lowest BCUT2D eigenvalue weighted by molar-refractivity contribution is 0.466. The second-order valence-corrected chi connectivity index (χ2v) is 9.73. The molecule has 0 spiro atoms. The molecule has 6 aromatic rings. The molecule has 0 aliphatic carbocycles. The third-order valence-electron chi connectivity index (χ3n) is 6.93. The average molecular weight is 561 g/mol. The van der Waals surface area contributed by atoms with Crippen LogP contribution in [-0.2, 0) is 0 Å². The van der Waals surface area contributed by atoms with Crippen molar-refractivity contribution in [3.8, 4) is 67.4 Å². The lowest BCUT2D eigenvalue weighted by Gasteiger charge is -2.14. The molecular weight excluding hydrogens is 538 g/mol. The molecule has 6 nitrogen and oxygen atoms in total. The van der Waals surface area contributed by atoms with Crippen LogP contribution >= 0.6 is 0 Å². The maximum Gasteiger partial charge on any atom is 0.290 e. The molecule has 0 aliphatic heterocycles. The van der Waals surface area contributed by atoms with E-state index in [-0.39, 0.29) is 5.69 Å². The summed E-state index contributed by atoms with van der Waals surface area (Å²) in [6, 6.07) is 28.9. The van der Waals surface area contributed by atoms with Gasteiger partial charge in [-0.2, -0.15) is 0 Å². The van der Waals surface area contributed by atoms with Crippen molar-refractivity contribution in [2.45, 2.75) is 0 Å². The maximum absolute atomic E-state index is 15.1. The summed E-state index contributed by atoms with van der Waals surface area (Å²) in [5.41, 5.74) is 3.37. The normalized spacial score (nSPS) is 11.0. The Morgan fingerprint density at radius 1 is 0.452 bits per heavy atom. The molecule has 2 heterocycles. The van der Waals surface area contributed by atoms with Gasteiger partial charge in [0.25, 0.3) is 11.1 Å². The van der Waals surface area contributed by atoms with E-state index in [9.17, 15) is 24.2 Å². The summed E-state index contributed by atoms with van der Waals surface area (Å²) in [7, 11) is 0. The van der Waals surface area contributed by atoms with E-state index in [2.05, 4.69) is 9.97 Å². The zero-order valence-corrected chi connectivity index (χ0v) is 21.9. The summed E-state index contributed by atoms with van der Waals surface area (Å²) in [5, 5.41) is 20.4. The van der Waals surface area contributed by atoms with Crippen molar-refractivity contribution >= 4 is 0 Å². The van der Waals surface area contributed by atoms with Gasteiger partial charge in [-0.05, 0) is 76.3 Å². The highest BCUT2D eigenvalue weighted by molar-refractivity contribution is 5.86. The highest BCUT2D eigenvalue weighted by Crippen LogP contribution is 2.37. The molecular formula is C34H22F2N2O4. The number of aromatic nitrogens is 2. The molecule has 0 aliphatic rings. The summed E-state index contributed by atoms with van der Waals surface area (Å²) in [4.78, 5) is 30.0. The summed E-state index contributed by atoms with van der Waals surface area (Å²) < 4.78 is 29.2. The average Bonchev–Trinajstić information content (AvgIpc) is 2.99. The number of nitrogens with one attached hydrogen (secondary N) is 2. The fourth-order valence-electron chi connectivity index (χ4n) is 4.98. The van der Waals surface area contributed by atoms with Gasteiger partial charge in [-0.3, -0.25) is 9.59 Å². The molecule has 0 saturated heterocycles. The minimum atomic E-state index is -0.774. The predicted octanol–water partition coefficient (Wildman–Crippen LogP) is 7.09. The largest absolute Gasteiger partial charge is 0.503 e.